The van der Waals surface area contributed by atoms with E-state index in [2.05, 4.69) is 49.6 Å². The van der Waals surface area contributed by atoms with Gasteiger partial charge in [-0.25, -0.2) is 0 Å². The SMILES string of the molecule is CCCC(C)C(NN)C1(c2ccccc2)CCCCC1. The van der Waals surface area contributed by atoms with E-state index < -0.39 is 0 Å². The summed E-state index contributed by atoms with van der Waals surface area (Å²) in [6, 6.07) is 11.4. The van der Waals surface area contributed by atoms with Gasteiger partial charge >= 0.3 is 0 Å². The minimum absolute atomic E-state index is 0.225. The maximum atomic E-state index is 6.01. The number of hydrogen-bond donors (Lipinski definition) is 2. The van der Waals surface area contributed by atoms with E-state index in [1.165, 1.54) is 50.5 Å². The number of nitrogens with two attached hydrogens (primary N) is 1. The summed E-state index contributed by atoms with van der Waals surface area (Å²) in [5, 5.41) is 0. The van der Waals surface area contributed by atoms with E-state index >= 15 is 0 Å². The maximum Gasteiger partial charge on any atom is 0.0332 e. The molecule has 0 heterocycles. The first-order chi connectivity index (χ1) is 9.74. The Hall–Kier alpha value is -0.860. The van der Waals surface area contributed by atoms with Crippen LogP contribution in [0, 0.1) is 5.92 Å². The molecule has 1 saturated carbocycles. The van der Waals surface area contributed by atoms with Gasteiger partial charge in [0.15, 0.2) is 0 Å². The lowest BCUT2D eigenvalue weighted by atomic mass is 9.62. The molecule has 2 atom stereocenters. The van der Waals surface area contributed by atoms with Crippen molar-refractivity contribution in [1.29, 1.82) is 0 Å². The fourth-order valence-electron chi connectivity index (χ4n) is 4.22. The standard InChI is InChI=1S/C18H30N2/c1-3-10-15(2)17(20-19)18(13-8-5-9-14-18)16-11-6-4-7-12-16/h4,6-7,11-12,15,17,20H,3,5,8-10,13-14,19H2,1-2H3. The van der Waals surface area contributed by atoms with Crippen molar-refractivity contribution in [3.63, 3.8) is 0 Å². The average molecular weight is 274 g/mol. The van der Waals surface area contributed by atoms with Gasteiger partial charge in [-0.1, -0.05) is 69.9 Å². The number of benzene rings is 1. The molecular formula is C18H30N2. The van der Waals surface area contributed by atoms with Crippen LogP contribution in [0.2, 0.25) is 0 Å². The molecule has 1 aromatic rings. The fourth-order valence-corrected chi connectivity index (χ4v) is 4.22. The lowest BCUT2D eigenvalue weighted by Gasteiger charge is -2.46. The van der Waals surface area contributed by atoms with Gasteiger partial charge in [0.1, 0.15) is 0 Å². The Kier molecular flexibility index (Phi) is 5.62. The van der Waals surface area contributed by atoms with Crippen molar-refractivity contribution in [3.05, 3.63) is 35.9 Å². The molecule has 0 saturated heterocycles. The molecule has 2 nitrogen and oxygen atoms in total. The second-order valence-corrected chi connectivity index (χ2v) is 6.49. The predicted octanol–water partition coefficient (Wildman–Crippen LogP) is 4.16. The quantitative estimate of drug-likeness (QED) is 0.604. The molecular weight excluding hydrogens is 244 g/mol. The largest absolute Gasteiger partial charge is 0.271 e. The molecule has 20 heavy (non-hydrogen) atoms. The Morgan fingerprint density at radius 2 is 1.80 bits per heavy atom. The van der Waals surface area contributed by atoms with Crippen LogP contribution in [-0.2, 0) is 5.41 Å². The second-order valence-electron chi connectivity index (χ2n) is 6.49. The predicted molar refractivity (Wildman–Crippen MR) is 86.4 cm³/mol. The van der Waals surface area contributed by atoms with Gasteiger partial charge in [-0.3, -0.25) is 11.3 Å². The van der Waals surface area contributed by atoms with Crippen LogP contribution in [0.3, 0.4) is 0 Å². The Bertz CT molecular complexity index is 382. The van der Waals surface area contributed by atoms with Crippen molar-refractivity contribution in [1.82, 2.24) is 5.43 Å². The monoisotopic (exact) mass is 274 g/mol. The first kappa shape index (κ1) is 15.5. The summed E-state index contributed by atoms with van der Waals surface area (Å²) in [6.07, 6.45) is 9.01. The van der Waals surface area contributed by atoms with Gasteiger partial charge in [0.05, 0.1) is 0 Å². The molecule has 2 unspecified atom stereocenters. The van der Waals surface area contributed by atoms with Crippen LogP contribution in [0.4, 0.5) is 0 Å². The maximum absolute atomic E-state index is 6.01. The molecule has 3 N–H and O–H groups in total. The number of hydrazine groups is 1. The molecule has 0 aromatic heterocycles. The van der Waals surface area contributed by atoms with Gasteiger partial charge in [-0.05, 0) is 30.7 Å². The molecule has 0 amide bonds. The van der Waals surface area contributed by atoms with Crippen LogP contribution in [0.15, 0.2) is 30.3 Å². The molecule has 0 aliphatic heterocycles. The van der Waals surface area contributed by atoms with Gasteiger partial charge in [0, 0.05) is 11.5 Å². The number of nitrogens with one attached hydrogen (secondary N) is 1. The third kappa shape index (κ3) is 3.07. The Balaban J connectivity index is 2.35. The molecule has 1 aliphatic carbocycles. The van der Waals surface area contributed by atoms with Crippen LogP contribution in [0.25, 0.3) is 0 Å². The minimum atomic E-state index is 0.225. The summed E-state index contributed by atoms with van der Waals surface area (Å²) in [6.45, 7) is 4.62. The summed E-state index contributed by atoms with van der Waals surface area (Å²) in [5.74, 6) is 6.62. The first-order valence-electron chi connectivity index (χ1n) is 8.26. The zero-order chi connectivity index (χ0) is 14.4. The van der Waals surface area contributed by atoms with Crippen molar-refractivity contribution >= 4 is 0 Å². The Labute approximate surface area is 124 Å². The van der Waals surface area contributed by atoms with Crippen molar-refractivity contribution in [2.24, 2.45) is 11.8 Å². The van der Waals surface area contributed by atoms with Gasteiger partial charge in [0.2, 0.25) is 0 Å². The van der Waals surface area contributed by atoms with Crippen molar-refractivity contribution in [2.45, 2.75) is 70.3 Å². The number of rotatable bonds is 6. The highest BCUT2D eigenvalue weighted by molar-refractivity contribution is 5.29. The topological polar surface area (TPSA) is 38.0 Å². The van der Waals surface area contributed by atoms with Crippen LogP contribution in [0.5, 0.6) is 0 Å². The van der Waals surface area contributed by atoms with E-state index in [0.29, 0.717) is 12.0 Å². The molecule has 112 valence electrons. The zero-order valence-corrected chi connectivity index (χ0v) is 13.1. The Morgan fingerprint density at radius 1 is 1.15 bits per heavy atom. The summed E-state index contributed by atoms with van der Waals surface area (Å²) in [7, 11) is 0. The van der Waals surface area contributed by atoms with Gasteiger partial charge in [-0.15, -0.1) is 0 Å². The van der Waals surface area contributed by atoms with Crippen molar-refractivity contribution in [3.8, 4) is 0 Å². The highest BCUT2D eigenvalue weighted by Gasteiger charge is 2.42. The summed E-state index contributed by atoms with van der Waals surface area (Å²) >= 11 is 0. The van der Waals surface area contributed by atoms with Gasteiger partial charge in [-0.2, -0.15) is 0 Å². The second kappa shape index (κ2) is 7.24. The van der Waals surface area contributed by atoms with E-state index in [1.54, 1.807) is 0 Å². The third-order valence-electron chi connectivity index (χ3n) is 5.18. The Morgan fingerprint density at radius 3 is 2.35 bits per heavy atom. The van der Waals surface area contributed by atoms with Crippen LogP contribution >= 0.6 is 0 Å². The molecule has 2 heteroatoms. The zero-order valence-electron chi connectivity index (χ0n) is 13.1. The van der Waals surface area contributed by atoms with Crippen LogP contribution in [0.1, 0.15) is 64.4 Å². The molecule has 1 fully saturated rings. The highest BCUT2D eigenvalue weighted by Crippen LogP contribution is 2.44. The summed E-state index contributed by atoms with van der Waals surface area (Å²) < 4.78 is 0. The first-order valence-corrected chi connectivity index (χ1v) is 8.26. The van der Waals surface area contributed by atoms with Crippen molar-refractivity contribution in [2.75, 3.05) is 0 Å². The van der Waals surface area contributed by atoms with E-state index in [4.69, 9.17) is 5.84 Å². The lowest BCUT2D eigenvalue weighted by Crippen LogP contribution is -2.55. The molecule has 0 spiro atoms. The van der Waals surface area contributed by atoms with Crippen molar-refractivity contribution < 1.29 is 0 Å². The molecule has 0 bridgehead atoms. The fraction of sp³-hybridized carbons (Fsp3) is 0.667. The normalized spacial score (nSPS) is 21.4. The van der Waals surface area contributed by atoms with Gasteiger partial charge < -0.3 is 0 Å². The highest BCUT2D eigenvalue weighted by atomic mass is 15.2. The third-order valence-corrected chi connectivity index (χ3v) is 5.18. The van der Waals surface area contributed by atoms with E-state index in [1.807, 2.05) is 0 Å². The molecule has 2 rings (SSSR count). The van der Waals surface area contributed by atoms with Gasteiger partial charge in [0.25, 0.3) is 0 Å². The van der Waals surface area contributed by atoms with Crippen LogP contribution in [-0.4, -0.2) is 6.04 Å². The smallest absolute Gasteiger partial charge is 0.0332 e. The molecule has 1 aliphatic rings. The minimum Gasteiger partial charge on any atom is -0.271 e. The van der Waals surface area contributed by atoms with E-state index in [0.717, 1.165) is 0 Å². The van der Waals surface area contributed by atoms with E-state index in [-0.39, 0.29) is 5.41 Å². The average Bonchev–Trinajstić information content (AvgIpc) is 2.50. The lowest BCUT2D eigenvalue weighted by molar-refractivity contribution is 0.162. The summed E-state index contributed by atoms with van der Waals surface area (Å²) in [4.78, 5) is 0. The molecule has 1 aromatic carbocycles. The molecule has 0 radical (unpaired) electrons. The van der Waals surface area contributed by atoms with Crippen LogP contribution < -0.4 is 11.3 Å². The number of hydrogen-bond acceptors (Lipinski definition) is 2. The summed E-state index contributed by atoms with van der Waals surface area (Å²) in [5.41, 5.74) is 4.90. The van der Waals surface area contributed by atoms with E-state index in [9.17, 15) is 0 Å².